The third kappa shape index (κ3) is 5.99. The Morgan fingerprint density at radius 1 is 1.37 bits per heavy atom. The van der Waals surface area contributed by atoms with Crippen molar-refractivity contribution in [1.82, 2.24) is 5.32 Å². The second-order valence-electron chi connectivity index (χ2n) is 5.22. The van der Waals surface area contributed by atoms with Crippen LogP contribution < -0.4 is 5.32 Å². The van der Waals surface area contributed by atoms with Gasteiger partial charge in [0.1, 0.15) is 17.7 Å². The number of halogens is 1. The van der Waals surface area contributed by atoms with Gasteiger partial charge in [-0.15, -0.1) is 0 Å². The lowest BCUT2D eigenvalue weighted by Gasteiger charge is -2.21. The molecule has 0 saturated carbocycles. The molecular formula is C14H18FNO3. The molecule has 0 fully saturated rings. The molecule has 4 nitrogen and oxygen atoms in total. The molecule has 0 radical (unpaired) electrons. The van der Waals surface area contributed by atoms with Gasteiger partial charge in [0.2, 0.25) is 0 Å². The van der Waals surface area contributed by atoms with Gasteiger partial charge in [0.15, 0.2) is 0 Å². The fourth-order valence-corrected chi connectivity index (χ4v) is 1.47. The Labute approximate surface area is 112 Å². The number of carbonyl (C=O) groups is 2. The third-order valence-corrected chi connectivity index (χ3v) is 2.24. The molecule has 5 heteroatoms. The monoisotopic (exact) mass is 267 g/mol. The predicted molar refractivity (Wildman–Crippen MR) is 69.3 cm³/mol. The summed E-state index contributed by atoms with van der Waals surface area (Å²) in [5.74, 6) is -0.341. The van der Waals surface area contributed by atoms with E-state index in [9.17, 15) is 14.0 Å². The lowest BCUT2D eigenvalue weighted by Crippen LogP contribution is -2.41. The van der Waals surface area contributed by atoms with Gasteiger partial charge in [0.25, 0.3) is 0 Å². The molecule has 0 aliphatic rings. The first-order valence-electron chi connectivity index (χ1n) is 5.99. The Balaban J connectivity index is 2.57. The maximum Gasteiger partial charge on any atom is 0.408 e. The van der Waals surface area contributed by atoms with Crippen LogP contribution in [0.2, 0.25) is 0 Å². The van der Waals surface area contributed by atoms with Gasteiger partial charge in [0, 0.05) is 0 Å². The highest BCUT2D eigenvalue weighted by Gasteiger charge is 2.19. The molecule has 0 spiro atoms. The van der Waals surface area contributed by atoms with Gasteiger partial charge in [0.05, 0.1) is 6.04 Å². The Bertz CT molecular complexity index is 437. The van der Waals surface area contributed by atoms with Crippen LogP contribution in [0.4, 0.5) is 9.18 Å². The van der Waals surface area contributed by atoms with Crippen LogP contribution in [0, 0.1) is 5.82 Å². The summed E-state index contributed by atoms with van der Waals surface area (Å²) in [6.45, 7) is 5.22. The molecule has 1 unspecified atom stereocenters. The highest BCUT2D eigenvalue weighted by atomic mass is 19.1. The zero-order valence-corrected chi connectivity index (χ0v) is 11.3. The van der Waals surface area contributed by atoms with Crippen LogP contribution in [0.3, 0.4) is 0 Å². The van der Waals surface area contributed by atoms with Crippen molar-refractivity contribution in [2.75, 3.05) is 0 Å². The average molecular weight is 267 g/mol. The largest absolute Gasteiger partial charge is 0.444 e. The molecule has 1 amide bonds. The van der Waals surface area contributed by atoms with E-state index in [1.807, 2.05) is 0 Å². The summed E-state index contributed by atoms with van der Waals surface area (Å²) in [6, 6.07) is 5.07. The Hall–Kier alpha value is -1.91. The minimum atomic E-state index is -0.694. The van der Waals surface area contributed by atoms with Crippen LogP contribution in [0.25, 0.3) is 0 Å². The Kier molecular flexibility index (Phi) is 5.03. The summed E-state index contributed by atoms with van der Waals surface area (Å²) in [6.07, 6.45) is 0.280. The third-order valence-electron chi connectivity index (χ3n) is 2.24. The van der Waals surface area contributed by atoms with Gasteiger partial charge in [-0.3, -0.25) is 0 Å². The van der Waals surface area contributed by atoms with Crippen LogP contribution in [0.1, 0.15) is 26.3 Å². The molecule has 1 aromatic rings. The molecule has 0 aliphatic heterocycles. The summed E-state index contributed by atoms with van der Waals surface area (Å²) in [5, 5.41) is 2.46. The van der Waals surface area contributed by atoms with Gasteiger partial charge in [-0.1, -0.05) is 12.1 Å². The molecule has 1 aromatic carbocycles. The Morgan fingerprint density at radius 3 is 2.42 bits per heavy atom. The number of nitrogens with one attached hydrogen (secondary N) is 1. The molecule has 19 heavy (non-hydrogen) atoms. The van der Waals surface area contributed by atoms with Gasteiger partial charge >= 0.3 is 6.09 Å². The quantitative estimate of drug-likeness (QED) is 0.852. The summed E-state index contributed by atoms with van der Waals surface area (Å²) in [4.78, 5) is 22.5. The number of carbonyl (C=O) groups excluding carboxylic acids is 2. The second kappa shape index (κ2) is 6.31. The summed E-state index contributed by atoms with van der Waals surface area (Å²) < 4.78 is 17.8. The number of amides is 1. The molecule has 1 N–H and O–H groups in total. The minimum Gasteiger partial charge on any atom is -0.444 e. The van der Waals surface area contributed by atoms with E-state index in [1.165, 1.54) is 12.1 Å². The maximum absolute atomic E-state index is 12.7. The van der Waals surface area contributed by atoms with E-state index in [-0.39, 0.29) is 5.82 Å². The van der Waals surface area contributed by atoms with Crippen molar-refractivity contribution in [3.63, 3.8) is 0 Å². The van der Waals surface area contributed by atoms with E-state index in [0.29, 0.717) is 12.7 Å². The van der Waals surface area contributed by atoms with E-state index in [2.05, 4.69) is 5.32 Å². The zero-order valence-electron chi connectivity index (χ0n) is 11.3. The Morgan fingerprint density at radius 2 is 1.95 bits per heavy atom. The number of alkyl carbamates (subject to hydrolysis) is 1. The van der Waals surface area contributed by atoms with Crippen LogP contribution >= 0.6 is 0 Å². The highest BCUT2D eigenvalue weighted by molar-refractivity contribution is 5.73. The predicted octanol–water partition coefficient (Wildman–Crippen LogP) is 2.46. The van der Waals surface area contributed by atoms with E-state index in [4.69, 9.17) is 4.74 Å². The fourth-order valence-electron chi connectivity index (χ4n) is 1.47. The normalized spacial score (nSPS) is 12.6. The lowest BCUT2D eigenvalue weighted by atomic mass is 10.1. The van der Waals surface area contributed by atoms with Gasteiger partial charge in [-0.2, -0.15) is 0 Å². The molecule has 0 saturated heterocycles. The van der Waals surface area contributed by atoms with Crippen molar-refractivity contribution in [3.8, 4) is 0 Å². The van der Waals surface area contributed by atoms with Gasteiger partial charge in [-0.25, -0.2) is 9.18 Å². The van der Waals surface area contributed by atoms with E-state index in [1.54, 1.807) is 32.9 Å². The molecular weight excluding hydrogens is 249 g/mol. The number of rotatable bonds is 4. The molecule has 0 bridgehead atoms. The number of hydrogen-bond acceptors (Lipinski definition) is 3. The number of aldehydes is 1. The van der Waals surface area contributed by atoms with Gasteiger partial charge < -0.3 is 14.8 Å². The molecule has 0 aliphatic carbocycles. The van der Waals surface area contributed by atoms with E-state index in [0.717, 1.165) is 5.56 Å². The highest BCUT2D eigenvalue weighted by Crippen LogP contribution is 2.08. The van der Waals surface area contributed by atoms with E-state index >= 15 is 0 Å². The first-order valence-corrected chi connectivity index (χ1v) is 5.99. The van der Waals surface area contributed by atoms with Crippen molar-refractivity contribution >= 4 is 12.4 Å². The average Bonchev–Trinajstić information content (AvgIpc) is 2.28. The van der Waals surface area contributed by atoms with Crippen molar-refractivity contribution in [2.24, 2.45) is 0 Å². The summed E-state index contributed by atoms with van der Waals surface area (Å²) in [7, 11) is 0. The SMILES string of the molecule is CC(C)(C)OC(=O)NC(C=O)Cc1ccc(F)cc1. The number of ether oxygens (including phenoxy) is 1. The maximum atomic E-state index is 12.7. The van der Waals surface area contributed by atoms with Crippen LogP contribution in [-0.2, 0) is 16.0 Å². The number of hydrogen-bond donors (Lipinski definition) is 1. The summed E-state index contributed by atoms with van der Waals surface area (Å²) >= 11 is 0. The molecule has 0 aromatic heterocycles. The lowest BCUT2D eigenvalue weighted by molar-refractivity contribution is -0.109. The van der Waals surface area contributed by atoms with Crippen molar-refractivity contribution in [3.05, 3.63) is 35.6 Å². The summed E-state index contributed by atoms with van der Waals surface area (Å²) in [5.41, 5.74) is 0.141. The molecule has 1 rings (SSSR count). The minimum absolute atomic E-state index is 0.295. The van der Waals surface area contributed by atoms with Crippen LogP contribution in [0.15, 0.2) is 24.3 Å². The molecule has 0 heterocycles. The number of benzene rings is 1. The topological polar surface area (TPSA) is 55.4 Å². The molecule has 104 valence electrons. The van der Waals surface area contributed by atoms with Gasteiger partial charge in [-0.05, 0) is 44.9 Å². The van der Waals surface area contributed by atoms with E-state index < -0.39 is 17.7 Å². The molecule has 1 atom stereocenters. The first kappa shape index (κ1) is 15.1. The first-order chi connectivity index (χ1) is 8.80. The standard InChI is InChI=1S/C14H18FNO3/c1-14(2,3)19-13(18)16-12(9-17)8-10-4-6-11(15)7-5-10/h4-7,9,12H,8H2,1-3H3,(H,16,18). The smallest absolute Gasteiger partial charge is 0.408 e. The van der Waals surface area contributed by atoms with Crippen molar-refractivity contribution < 1.29 is 18.7 Å². The van der Waals surface area contributed by atoms with Crippen LogP contribution in [-0.4, -0.2) is 24.0 Å². The van der Waals surface area contributed by atoms with Crippen molar-refractivity contribution in [1.29, 1.82) is 0 Å². The van der Waals surface area contributed by atoms with Crippen LogP contribution in [0.5, 0.6) is 0 Å². The zero-order chi connectivity index (χ0) is 14.5. The fraction of sp³-hybridized carbons (Fsp3) is 0.429. The second-order valence-corrected chi connectivity index (χ2v) is 5.22. The van der Waals surface area contributed by atoms with Crippen molar-refractivity contribution in [2.45, 2.75) is 38.8 Å².